The Kier molecular flexibility index (Phi) is 9.51. The molecule has 6 nitrogen and oxygen atoms in total. The summed E-state index contributed by atoms with van der Waals surface area (Å²) in [5.41, 5.74) is 1.75. The zero-order chi connectivity index (χ0) is 23.5. The smallest absolute Gasteiger partial charge is 0.306 e. The molecule has 2 amide bonds. The predicted molar refractivity (Wildman–Crippen MR) is 127 cm³/mol. The van der Waals surface area contributed by atoms with Crippen LogP contribution in [0.15, 0.2) is 66.7 Å². The summed E-state index contributed by atoms with van der Waals surface area (Å²) in [4.78, 5) is 37.7. The predicted octanol–water partition coefficient (Wildman–Crippen LogP) is 4.49. The minimum absolute atomic E-state index is 0.0690. The first-order chi connectivity index (χ1) is 16.0. The van der Waals surface area contributed by atoms with E-state index in [2.05, 4.69) is 10.6 Å². The number of nitrogens with one attached hydrogen (secondary N) is 2. The molecular weight excluding hydrogens is 440 g/mol. The summed E-state index contributed by atoms with van der Waals surface area (Å²) in [6, 6.07) is 16.6. The molecular formula is C26H29ClN2O4. The van der Waals surface area contributed by atoms with E-state index in [1.54, 1.807) is 12.1 Å². The second kappa shape index (κ2) is 12.8. The van der Waals surface area contributed by atoms with Crippen molar-refractivity contribution < 1.29 is 19.1 Å². The molecule has 2 aromatic rings. The molecule has 2 N–H and O–H groups in total. The van der Waals surface area contributed by atoms with Crippen LogP contribution >= 0.6 is 11.6 Å². The lowest BCUT2D eigenvalue weighted by Gasteiger charge is -2.21. The van der Waals surface area contributed by atoms with E-state index in [0.717, 1.165) is 11.1 Å². The molecule has 0 bridgehead atoms. The first-order valence-corrected chi connectivity index (χ1v) is 11.6. The van der Waals surface area contributed by atoms with Gasteiger partial charge in [-0.25, -0.2) is 0 Å². The summed E-state index contributed by atoms with van der Waals surface area (Å²) in [7, 11) is 0. The van der Waals surface area contributed by atoms with Gasteiger partial charge in [0.2, 0.25) is 11.8 Å². The maximum absolute atomic E-state index is 12.9. The molecule has 0 spiro atoms. The van der Waals surface area contributed by atoms with Gasteiger partial charge in [0.15, 0.2) is 0 Å². The number of hydrogen-bond acceptors (Lipinski definition) is 4. The number of amides is 2. The van der Waals surface area contributed by atoms with Crippen molar-refractivity contribution in [2.75, 3.05) is 6.54 Å². The van der Waals surface area contributed by atoms with Gasteiger partial charge in [0.1, 0.15) is 6.10 Å². The summed E-state index contributed by atoms with van der Waals surface area (Å²) in [5.74, 6) is -1.24. The van der Waals surface area contributed by atoms with Gasteiger partial charge in [-0.15, -0.1) is 0 Å². The Morgan fingerprint density at radius 1 is 1.06 bits per heavy atom. The number of halogens is 1. The third-order valence-corrected chi connectivity index (χ3v) is 5.70. The monoisotopic (exact) mass is 468 g/mol. The van der Waals surface area contributed by atoms with Crippen molar-refractivity contribution in [2.45, 2.75) is 44.8 Å². The summed E-state index contributed by atoms with van der Waals surface area (Å²) in [6.07, 6.45) is 5.51. The van der Waals surface area contributed by atoms with Gasteiger partial charge in [-0.1, -0.05) is 66.2 Å². The Balaban J connectivity index is 1.63. The molecule has 174 valence electrons. The molecule has 2 atom stereocenters. The van der Waals surface area contributed by atoms with Crippen LogP contribution in [-0.4, -0.2) is 24.3 Å². The number of carbonyl (C=O) groups is 3. The zero-order valence-electron chi connectivity index (χ0n) is 18.5. The number of hydrogen-bond donors (Lipinski definition) is 2. The van der Waals surface area contributed by atoms with E-state index >= 15 is 0 Å². The van der Waals surface area contributed by atoms with Crippen molar-refractivity contribution in [3.05, 3.63) is 82.9 Å². The normalized spacial score (nSPS) is 20.9. The van der Waals surface area contributed by atoms with Crippen LogP contribution in [0.5, 0.6) is 0 Å². The van der Waals surface area contributed by atoms with Crippen LogP contribution in [0, 0.1) is 5.92 Å². The van der Waals surface area contributed by atoms with Crippen LogP contribution in [0.1, 0.15) is 49.3 Å². The van der Waals surface area contributed by atoms with Gasteiger partial charge in [-0.2, -0.15) is 0 Å². The molecule has 2 aromatic carbocycles. The molecule has 3 rings (SSSR count). The van der Waals surface area contributed by atoms with Crippen molar-refractivity contribution in [1.29, 1.82) is 0 Å². The van der Waals surface area contributed by atoms with Crippen molar-refractivity contribution >= 4 is 29.4 Å². The number of benzene rings is 2. The maximum atomic E-state index is 12.9. The number of rotatable bonds is 5. The summed E-state index contributed by atoms with van der Waals surface area (Å²) < 4.78 is 5.64. The fourth-order valence-corrected chi connectivity index (χ4v) is 3.70. The molecule has 0 unspecified atom stereocenters. The second-order valence-electron chi connectivity index (χ2n) is 8.04. The van der Waals surface area contributed by atoms with Gasteiger partial charge < -0.3 is 15.4 Å². The maximum Gasteiger partial charge on any atom is 0.306 e. The number of carbonyl (C=O) groups excluding carboxylic acids is 3. The number of allylic oxidation sites excluding steroid dienone is 2. The van der Waals surface area contributed by atoms with Crippen molar-refractivity contribution in [1.82, 2.24) is 10.6 Å². The lowest BCUT2D eigenvalue weighted by Crippen LogP contribution is -2.37. The van der Waals surface area contributed by atoms with E-state index in [1.165, 1.54) is 0 Å². The quantitative estimate of drug-likeness (QED) is 0.500. The molecule has 7 heteroatoms. The molecule has 1 heterocycles. The highest BCUT2D eigenvalue weighted by atomic mass is 35.5. The first-order valence-electron chi connectivity index (χ1n) is 11.2. The van der Waals surface area contributed by atoms with Crippen LogP contribution in [0.4, 0.5) is 0 Å². The number of cyclic esters (lactones) is 1. The Labute approximate surface area is 199 Å². The van der Waals surface area contributed by atoms with E-state index in [-0.39, 0.29) is 30.7 Å². The van der Waals surface area contributed by atoms with Gasteiger partial charge in [-0.05, 0) is 42.5 Å². The van der Waals surface area contributed by atoms with E-state index in [1.807, 2.05) is 54.6 Å². The second-order valence-corrected chi connectivity index (χ2v) is 8.47. The van der Waals surface area contributed by atoms with Crippen LogP contribution in [-0.2, 0) is 25.7 Å². The van der Waals surface area contributed by atoms with Crippen LogP contribution < -0.4 is 10.6 Å². The SMILES string of the molecule is O=C(C[C@@H]1C/C=C\CCCC(=O)O[C@H](c2ccccc2)CNC1=O)NCc1ccc(Cl)cc1. The zero-order valence-corrected chi connectivity index (χ0v) is 19.2. The lowest BCUT2D eigenvalue weighted by atomic mass is 9.98. The molecule has 0 aromatic heterocycles. The minimum atomic E-state index is -0.573. The standard InChI is InChI=1S/C26H29ClN2O4/c27-22-14-12-19(13-15-22)17-28-24(30)16-21-10-4-1-2-7-11-25(31)33-23(18-29-26(21)32)20-8-5-3-6-9-20/h1,3-6,8-9,12-15,21,23H,2,7,10-11,16-18H2,(H,28,30)(H,29,32)/b4-1-/t21-,23-/m0/s1. The Hall–Kier alpha value is -3.12. The van der Waals surface area contributed by atoms with Gasteiger partial charge in [-0.3, -0.25) is 14.4 Å². The van der Waals surface area contributed by atoms with Gasteiger partial charge in [0.25, 0.3) is 0 Å². The molecule has 33 heavy (non-hydrogen) atoms. The summed E-state index contributed by atoms with van der Waals surface area (Å²) in [6.45, 7) is 0.521. The highest BCUT2D eigenvalue weighted by Gasteiger charge is 2.24. The summed E-state index contributed by atoms with van der Waals surface area (Å²) >= 11 is 5.90. The molecule has 0 aliphatic carbocycles. The van der Waals surface area contributed by atoms with E-state index in [9.17, 15) is 14.4 Å². The fraction of sp³-hybridized carbons (Fsp3) is 0.346. The average Bonchev–Trinajstić information content (AvgIpc) is 2.83. The largest absolute Gasteiger partial charge is 0.456 e. The highest BCUT2D eigenvalue weighted by molar-refractivity contribution is 6.30. The van der Waals surface area contributed by atoms with E-state index in [0.29, 0.717) is 37.3 Å². The summed E-state index contributed by atoms with van der Waals surface area (Å²) in [5, 5.41) is 6.38. The third kappa shape index (κ3) is 8.39. The van der Waals surface area contributed by atoms with Crippen LogP contribution in [0.3, 0.4) is 0 Å². The number of esters is 1. The van der Waals surface area contributed by atoms with Crippen molar-refractivity contribution in [3.8, 4) is 0 Å². The van der Waals surface area contributed by atoms with Gasteiger partial charge in [0, 0.05) is 24.4 Å². The van der Waals surface area contributed by atoms with Gasteiger partial charge >= 0.3 is 5.97 Å². The van der Waals surface area contributed by atoms with E-state index < -0.39 is 12.0 Å². The van der Waals surface area contributed by atoms with E-state index in [4.69, 9.17) is 16.3 Å². The van der Waals surface area contributed by atoms with Gasteiger partial charge in [0.05, 0.1) is 12.5 Å². The molecule has 0 saturated heterocycles. The minimum Gasteiger partial charge on any atom is -0.456 e. The molecule has 0 radical (unpaired) electrons. The molecule has 1 aliphatic rings. The van der Waals surface area contributed by atoms with Crippen LogP contribution in [0.25, 0.3) is 0 Å². The third-order valence-electron chi connectivity index (χ3n) is 5.45. The first kappa shape index (κ1) is 24.5. The Bertz CT molecular complexity index is 960. The van der Waals surface area contributed by atoms with Crippen LogP contribution in [0.2, 0.25) is 5.02 Å². The molecule has 1 aliphatic heterocycles. The Morgan fingerprint density at radius 3 is 2.58 bits per heavy atom. The highest BCUT2D eigenvalue weighted by Crippen LogP contribution is 2.20. The fourth-order valence-electron chi connectivity index (χ4n) is 3.57. The van der Waals surface area contributed by atoms with Crippen molar-refractivity contribution in [2.24, 2.45) is 5.92 Å². The topological polar surface area (TPSA) is 84.5 Å². The Morgan fingerprint density at radius 2 is 1.82 bits per heavy atom. The number of ether oxygens (including phenoxy) is 1. The average molecular weight is 469 g/mol. The molecule has 0 saturated carbocycles. The lowest BCUT2D eigenvalue weighted by molar-refractivity contribution is -0.150. The molecule has 0 fully saturated rings. The van der Waals surface area contributed by atoms with Crippen molar-refractivity contribution in [3.63, 3.8) is 0 Å².